The average molecular weight is 452 g/mol. The first-order chi connectivity index (χ1) is 15.5. The van der Waals surface area contributed by atoms with Gasteiger partial charge in [-0.25, -0.2) is 18.1 Å². The Morgan fingerprint density at radius 3 is 2.53 bits per heavy atom. The molecule has 0 saturated carbocycles. The van der Waals surface area contributed by atoms with Gasteiger partial charge in [0.2, 0.25) is 0 Å². The summed E-state index contributed by atoms with van der Waals surface area (Å²) in [5.41, 5.74) is 2.78. The third-order valence-electron chi connectivity index (χ3n) is 5.45. The Morgan fingerprint density at radius 2 is 1.88 bits per heavy atom. The number of hydrogen-bond acceptors (Lipinski definition) is 6. The minimum Gasteiger partial charge on any atom is -0.494 e. The Kier molecular flexibility index (Phi) is 6.85. The molecule has 0 radical (unpaired) electrons. The molecule has 2 N–H and O–H groups in total. The highest BCUT2D eigenvalue weighted by Gasteiger charge is 2.27. The Hall–Kier alpha value is -3.19. The number of nitrogens with zero attached hydrogens (tertiary/aromatic N) is 3. The molecule has 1 aliphatic rings. The van der Waals surface area contributed by atoms with Gasteiger partial charge in [-0.05, 0) is 54.8 Å². The SMILES string of the molecule is N#Cc1ccc(-c2ccc(OCCCN3CCC(NS(=O)(=O)c4cnc[nH]4)C3)cc2)cc1. The molecule has 1 unspecified atom stereocenters. The number of H-pyrrole nitrogens is 1. The fourth-order valence-electron chi connectivity index (χ4n) is 3.76. The van der Waals surface area contributed by atoms with Crippen molar-refractivity contribution >= 4 is 10.0 Å². The highest BCUT2D eigenvalue weighted by molar-refractivity contribution is 7.89. The van der Waals surface area contributed by atoms with Crippen LogP contribution in [0.25, 0.3) is 11.1 Å². The van der Waals surface area contributed by atoms with Crippen molar-refractivity contribution in [1.29, 1.82) is 5.26 Å². The van der Waals surface area contributed by atoms with Crippen molar-refractivity contribution in [2.24, 2.45) is 0 Å². The summed E-state index contributed by atoms with van der Waals surface area (Å²) in [6, 6.07) is 17.4. The van der Waals surface area contributed by atoms with Crippen molar-refractivity contribution in [1.82, 2.24) is 19.6 Å². The van der Waals surface area contributed by atoms with Crippen LogP contribution in [0.3, 0.4) is 0 Å². The van der Waals surface area contributed by atoms with E-state index in [1.807, 2.05) is 48.5 Å². The van der Waals surface area contributed by atoms with Crippen LogP contribution in [0, 0.1) is 11.3 Å². The van der Waals surface area contributed by atoms with E-state index in [0.29, 0.717) is 18.7 Å². The molecular weight excluding hydrogens is 426 g/mol. The fourth-order valence-corrected chi connectivity index (χ4v) is 4.93. The van der Waals surface area contributed by atoms with Crippen LogP contribution in [0.5, 0.6) is 5.75 Å². The van der Waals surface area contributed by atoms with E-state index >= 15 is 0 Å². The maximum absolute atomic E-state index is 12.3. The zero-order valence-electron chi connectivity index (χ0n) is 17.6. The van der Waals surface area contributed by atoms with Crippen molar-refractivity contribution in [3.8, 4) is 22.9 Å². The molecule has 1 saturated heterocycles. The third-order valence-corrected chi connectivity index (χ3v) is 6.89. The van der Waals surface area contributed by atoms with Gasteiger partial charge < -0.3 is 14.6 Å². The number of hydrogen-bond donors (Lipinski definition) is 2. The molecule has 2 aromatic carbocycles. The molecule has 1 aromatic heterocycles. The fraction of sp³-hybridized carbons (Fsp3) is 0.304. The molecule has 1 aliphatic heterocycles. The average Bonchev–Trinajstić information content (AvgIpc) is 3.50. The second kappa shape index (κ2) is 9.96. The normalized spacial score (nSPS) is 16.7. The molecule has 0 aliphatic carbocycles. The lowest BCUT2D eigenvalue weighted by atomic mass is 10.0. The van der Waals surface area contributed by atoms with Gasteiger partial charge >= 0.3 is 0 Å². The van der Waals surface area contributed by atoms with Crippen LogP contribution in [0.2, 0.25) is 0 Å². The number of sulfonamides is 1. The van der Waals surface area contributed by atoms with E-state index in [1.165, 1.54) is 12.5 Å². The van der Waals surface area contributed by atoms with Crippen LogP contribution in [0.15, 0.2) is 66.1 Å². The maximum atomic E-state index is 12.3. The first-order valence-corrected chi connectivity index (χ1v) is 12.0. The number of likely N-dealkylation sites (tertiary alicyclic amines) is 1. The first-order valence-electron chi connectivity index (χ1n) is 10.5. The van der Waals surface area contributed by atoms with E-state index in [2.05, 4.69) is 25.7 Å². The van der Waals surface area contributed by atoms with Gasteiger partial charge in [-0.1, -0.05) is 24.3 Å². The van der Waals surface area contributed by atoms with Gasteiger partial charge in [-0.2, -0.15) is 5.26 Å². The van der Waals surface area contributed by atoms with Gasteiger partial charge in [0.1, 0.15) is 5.75 Å². The number of nitrogens with one attached hydrogen (secondary N) is 2. The van der Waals surface area contributed by atoms with E-state index in [0.717, 1.165) is 42.8 Å². The number of benzene rings is 2. The summed E-state index contributed by atoms with van der Waals surface area (Å²) in [5, 5.41) is 8.99. The number of nitriles is 1. The second-order valence-corrected chi connectivity index (χ2v) is 9.42. The predicted octanol–water partition coefficient (Wildman–Crippen LogP) is 2.77. The van der Waals surface area contributed by atoms with E-state index in [1.54, 1.807) is 0 Å². The quantitative estimate of drug-likeness (QED) is 0.484. The maximum Gasteiger partial charge on any atom is 0.257 e. The Labute approximate surface area is 187 Å². The molecular formula is C23H25N5O3S. The molecule has 9 heteroatoms. The minimum absolute atomic E-state index is 0.0922. The lowest BCUT2D eigenvalue weighted by Gasteiger charge is -2.16. The zero-order valence-corrected chi connectivity index (χ0v) is 18.4. The van der Waals surface area contributed by atoms with Crippen LogP contribution >= 0.6 is 0 Å². The van der Waals surface area contributed by atoms with E-state index < -0.39 is 10.0 Å². The van der Waals surface area contributed by atoms with Crippen LogP contribution < -0.4 is 9.46 Å². The van der Waals surface area contributed by atoms with Crippen LogP contribution in [0.1, 0.15) is 18.4 Å². The molecule has 32 heavy (non-hydrogen) atoms. The van der Waals surface area contributed by atoms with Crippen molar-refractivity contribution in [2.75, 3.05) is 26.2 Å². The van der Waals surface area contributed by atoms with Crippen LogP contribution in [0.4, 0.5) is 0 Å². The molecule has 0 spiro atoms. The summed E-state index contributed by atoms with van der Waals surface area (Å²) in [6.07, 6.45) is 4.31. The van der Waals surface area contributed by atoms with E-state index in [4.69, 9.17) is 10.00 Å². The molecule has 1 atom stereocenters. The van der Waals surface area contributed by atoms with E-state index in [9.17, 15) is 8.42 Å². The Morgan fingerprint density at radius 1 is 1.16 bits per heavy atom. The number of aromatic amines is 1. The van der Waals surface area contributed by atoms with Gasteiger partial charge in [0, 0.05) is 19.1 Å². The van der Waals surface area contributed by atoms with Gasteiger partial charge in [0.25, 0.3) is 10.0 Å². The van der Waals surface area contributed by atoms with Gasteiger partial charge in [-0.15, -0.1) is 0 Å². The zero-order chi connectivity index (χ0) is 22.4. The van der Waals surface area contributed by atoms with Crippen molar-refractivity contribution in [3.05, 3.63) is 66.6 Å². The number of imidazole rings is 1. The highest BCUT2D eigenvalue weighted by atomic mass is 32.2. The Bertz CT molecular complexity index is 1150. The molecule has 0 bridgehead atoms. The third kappa shape index (κ3) is 5.53. The summed E-state index contributed by atoms with van der Waals surface area (Å²) < 4.78 is 33.2. The number of ether oxygens (including phenoxy) is 1. The smallest absolute Gasteiger partial charge is 0.257 e. The molecule has 0 amide bonds. The molecule has 2 heterocycles. The van der Waals surface area contributed by atoms with Gasteiger partial charge in [-0.3, -0.25) is 0 Å². The van der Waals surface area contributed by atoms with Gasteiger partial charge in [0.05, 0.1) is 30.8 Å². The first kappa shape index (κ1) is 22.0. The number of aromatic nitrogens is 2. The van der Waals surface area contributed by atoms with Crippen molar-refractivity contribution in [3.63, 3.8) is 0 Å². The predicted molar refractivity (Wildman–Crippen MR) is 120 cm³/mol. The largest absolute Gasteiger partial charge is 0.494 e. The summed E-state index contributed by atoms with van der Waals surface area (Å²) >= 11 is 0. The second-order valence-electron chi connectivity index (χ2n) is 7.74. The topological polar surface area (TPSA) is 111 Å². The summed E-state index contributed by atoms with van der Waals surface area (Å²) in [7, 11) is -3.55. The van der Waals surface area contributed by atoms with Gasteiger partial charge in [0.15, 0.2) is 5.03 Å². The Balaban J connectivity index is 1.18. The van der Waals surface area contributed by atoms with Crippen molar-refractivity contribution in [2.45, 2.75) is 23.9 Å². The van der Waals surface area contributed by atoms with Crippen LogP contribution in [-0.2, 0) is 10.0 Å². The summed E-state index contributed by atoms with van der Waals surface area (Å²) in [5.74, 6) is 0.814. The molecule has 4 rings (SSSR count). The molecule has 3 aromatic rings. The monoisotopic (exact) mass is 451 g/mol. The highest BCUT2D eigenvalue weighted by Crippen LogP contribution is 2.23. The summed E-state index contributed by atoms with van der Waals surface area (Å²) in [6.45, 7) is 2.99. The minimum atomic E-state index is -3.55. The molecule has 166 valence electrons. The van der Waals surface area contributed by atoms with Crippen LogP contribution in [-0.4, -0.2) is 55.6 Å². The van der Waals surface area contributed by atoms with Crippen molar-refractivity contribution < 1.29 is 13.2 Å². The molecule has 8 nitrogen and oxygen atoms in total. The lowest BCUT2D eigenvalue weighted by molar-refractivity contribution is 0.261. The summed E-state index contributed by atoms with van der Waals surface area (Å²) in [4.78, 5) is 8.65. The molecule has 1 fully saturated rings. The standard InChI is InChI=1S/C23H25N5O3S/c24-14-18-2-4-19(5-3-18)20-6-8-22(9-7-20)31-13-1-11-28-12-10-21(16-28)27-32(29,30)23-15-25-17-26-23/h2-9,15,17,21,27H,1,10-13,16H2,(H,25,26). The van der Waals surface area contributed by atoms with E-state index in [-0.39, 0.29) is 11.1 Å². The lowest BCUT2D eigenvalue weighted by Crippen LogP contribution is -2.37. The number of rotatable bonds is 9.